The van der Waals surface area contributed by atoms with Gasteiger partial charge in [-0.1, -0.05) is 25.4 Å². The highest BCUT2D eigenvalue weighted by Gasteiger charge is 2.31. The molecule has 1 saturated heterocycles. The quantitative estimate of drug-likeness (QED) is 0.800. The summed E-state index contributed by atoms with van der Waals surface area (Å²) in [5.74, 6) is 0.553. The van der Waals surface area contributed by atoms with Crippen molar-refractivity contribution in [3.63, 3.8) is 0 Å². The number of hydrogen-bond acceptors (Lipinski definition) is 4. The summed E-state index contributed by atoms with van der Waals surface area (Å²) in [6, 6.07) is 2.00. The van der Waals surface area contributed by atoms with Crippen molar-refractivity contribution in [3.8, 4) is 0 Å². The molecular formula is C13H20BrClN2O2S2. The van der Waals surface area contributed by atoms with Crippen molar-refractivity contribution in [2.75, 3.05) is 19.6 Å². The topological polar surface area (TPSA) is 49.4 Å². The number of rotatable bonds is 5. The van der Waals surface area contributed by atoms with Crippen LogP contribution in [0.4, 0.5) is 0 Å². The van der Waals surface area contributed by atoms with Crippen LogP contribution in [0.5, 0.6) is 0 Å². The predicted molar refractivity (Wildman–Crippen MR) is 91.7 cm³/mol. The Morgan fingerprint density at radius 1 is 1.48 bits per heavy atom. The van der Waals surface area contributed by atoms with E-state index < -0.39 is 10.0 Å². The molecule has 0 atom stereocenters. The van der Waals surface area contributed by atoms with Crippen LogP contribution < -0.4 is 5.32 Å². The molecule has 1 N–H and O–H groups in total. The molecule has 0 spiro atoms. The van der Waals surface area contributed by atoms with Crippen LogP contribution >= 0.6 is 38.9 Å². The maximum atomic E-state index is 12.6. The van der Waals surface area contributed by atoms with Crippen molar-refractivity contribution < 1.29 is 8.42 Å². The SMILES string of the molecule is CC(C)NCC1CCN(S(=O)(=O)c2cc(Cl)c(Br)s2)CC1. The molecule has 21 heavy (non-hydrogen) atoms. The minimum atomic E-state index is -3.40. The van der Waals surface area contributed by atoms with Gasteiger partial charge in [0.05, 0.1) is 8.81 Å². The highest BCUT2D eigenvalue weighted by atomic mass is 79.9. The Hall–Kier alpha value is 0.340. The first kappa shape index (κ1) is 17.7. The smallest absolute Gasteiger partial charge is 0.252 e. The third kappa shape index (κ3) is 4.42. The van der Waals surface area contributed by atoms with Crippen molar-refractivity contribution in [1.82, 2.24) is 9.62 Å². The summed E-state index contributed by atoms with van der Waals surface area (Å²) in [6.45, 7) is 6.37. The lowest BCUT2D eigenvalue weighted by Crippen LogP contribution is -2.41. The summed E-state index contributed by atoms with van der Waals surface area (Å²) in [4.78, 5) is 0. The predicted octanol–water partition coefficient (Wildman–Crippen LogP) is 3.56. The lowest BCUT2D eigenvalue weighted by Gasteiger charge is -2.31. The van der Waals surface area contributed by atoms with Crippen LogP contribution in [-0.2, 0) is 10.0 Å². The molecule has 2 rings (SSSR count). The summed E-state index contributed by atoms with van der Waals surface area (Å²) in [5, 5.41) is 3.88. The van der Waals surface area contributed by atoms with E-state index in [4.69, 9.17) is 11.6 Å². The number of nitrogens with zero attached hydrogens (tertiary/aromatic N) is 1. The first-order chi connectivity index (χ1) is 9.80. The molecule has 0 radical (unpaired) electrons. The Kier molecular flexibility index (Phi) is 6.13. The average molecular weight is 416 g/mol. The number of nitrogens with one attached hydrogen (secondary N) is 1. The van der Waals surface area contributed by atoms with Gasteiger partial charge in [0.25, 0.3) is 10.0 Å². The zero-order chi connectivity index (χ0) is 15.6. The molecule has 0 unspecified atom stereocenters. The molecule has 1 aliphatic heterocycles. The van der Waals surface area contributed by atoms with Gasteiger partial charge < -0.3 is 5.32 Å². The second-order valence-electron chi connectivity index (χ2n) is 5.60. The molecule has 1 fully saturated rings. The highest BCUT2D eigenvalue weighted by molar-refractivity contribution is 9.11. The minimum absolute atomic E-state index is 0.318. The Morgan fingerprint density at radius 2 is 2.10 bits per heavy atom. The van der Waals surface area contributed by atoms with Crippen molar-refractivity contribution in [1.29, 1.82) is 0 Å². The highest BCUT2D eigenvalue weighted by Crippen LogP contribution is 2.36. The van der Waals surface area contributed by atoms with Crippen molar-refractivity contribution in [2.24, 2.45) is 5.92 Å². The van der Waals surface area contributed by atoms with Gasteiger partial charge in [-0.15, -0.1) is 11.3 Å². The Morgan fingerprint density at radius 3 is 2.57 bits per heavy atom. The number of sulfonamides is 1. The summed E-state index contributed by atoms with van der Waals surface area (Å²) < 4.78 is 27.7. The van der Waals surface area contributed by atoms with Gasteiger partial charge in [-0.3, -0.25) is 0 Å². The molecule has 120 valence electrons. The van der Waals surface area contributed by atoms with E-state index in [1.165, 1.54) is 17.4 Å². The summed E-state index contributed by atoms with van der Waals surface area (Å²) in [5.41, 5.74) is 0. The van der Waals surface area contributed by atoms with Gasteiger partial charge in [0.2, 0.25) is 0 Å². The third-order valence-corrected chi connectivity index (χ3v) is 8.43. The molecule has 0 aromatic carbocycles. The fourth-order valence-corrected chi connectivity index (χ4v) is 6.36. The van der Waals surface area contributed by atoms with Crippen LogP contribution in [0.25, 0.3) is 0 Å². The minimum Gasteiger partial charge on any atom is -0.314 e. The lowest BCUT2D eigenvalue weighted by atomic mass is 9.98. The molecule has 2 heterocycles. The first-order valence-corrected chi connectivity index (χ1v) is 10.4. The second kappa shape index (κ2) is 7.27. The number of hydrogen-bond donors (Lipinski definition) is 1. The first-order valence-electron chi connectivity index (χ1n) is 6.99. The Bertz CT molecular complexity index is 561. The van der Waals surface area contributed by atoms with Gasteiger partial charge in [0.1, 0.15) is 4.21 Å². The van der Waals surface area contributed by atoms with Gasteiger partial charge in [-0.25, -0.2) is 8.42 Å². The molecule has 8 heteroatoms. The van der Waals surface area contributed by atoms with E-state index in [1.54, 1.807) is 4.31 Å². The normalized spacial score (nSPS) is 18.5. The molecule has 0 bridgehead atoms. The lowest BCUT2D eigenvalue weighted by molar-refractivity contribution is 0.264. The van der Waals surface area contributed by atoms with E-state index in [-0.39, 0.29) is 0 Å². The van der Waals surface area contributed by atoms with Crippen LogP contribution in [0.1, 0.15) is 26.7 Å². The van der Waals surface area contributed by atoms with Crippen LogP contribution in [-0.4, -0.2) is 38.4 Å². The van der Waals surface area contributed by atoms with Crippen LogP contribution in [0.15, 0.2) is 14.1 Å². The maximum Gasteiger partial charge on any atom is 0.252 e. The molecule has 1 aromatic heterocycles. The monoisotopic (exact) mass is 414 g/mol. The van der Waals surface area contributed by atoms with Crippen molar-refractivity contribution >= 4 is 48.9 Å². The number of halogens is 2. The van der Waals surface area contributed by atoms with Crippen molar-refractivity contribution in [3.05, 3.63) is 14.9 Å². The molecule has 4 nitrogen and oxygen atoms in total. The molecular weight excluding hydrogens is 396 g/mol. The van der Waals surface area contributed by atoms with Gasteiger partial charge in [0, 0.05) is 19.1 Å². The fourth-order valence-electron chi connectivity index (χ4n) is 2.34. The molecule has 0 aliphatic carbocycles. The van der Waals surface area contributed by atoms with Crippen LogP contribution in [0.2, 0.25) is 5.02 Å². The summed E-state index contributed by atoms with van der Waals surface area (Å²) >= 11 is 10.4. The van der Waals surface area contributed by atoms with E-state index in [0.29, 0.717) is 38.1 Å². The Labute approximate surface area is 144 Å². The summed E-state index contributed by atoms with van der Waals surface area (Å²) in [7, 11) is -3.40. The second-order valence-corrected chi connectivity index (χ2v) is 10.5. The van der Waals surface area contributed by atoms with Crippen LogP contribution in [0.3, 0.4) is 0 Å². The molecule has 0 amide bonds. The van der Waals surface area contributed by atoms with Crippen LogP contribution in [0, 0.1) is 5.92 Å². The zero-order valence-corrected chi connectivity index (χ0v) is 16.1. The molecule has 0 saturated carbocycles. The maximum absolute atomic E-state index is 12.6. The standard InChI is InChI=1S/C13H20BrClN2O2S2/c1-9(2)16-8-10-3-5-17(6-4-10)21(18,19)12-7-11(15)13(14)20-12/h7,9-10,16H,3-6,8H2,1-2H3. The van der Waals surface area contributed by atoms with Gasteiger partial charge in [-0.05, 0) is 47.3 Å². The van der Waals surface area contributed by atoms with Gasteiger partial charge in [0.15, 0.2) is 0 Å². The largest absolute Gasteiger partial charge is 0.314 e. The number of piperidine rings is 1. The summed E-state index contributed by atoms with van der Waals surface area (Å²) in [6.07, 6.45) is 1.80. The van der Waals surface area contributed by atoms with E-state index in [0.717, 1.165) is 19.4 Å². The fraction of sp³-hybridized carbons (Fsp3) is 0.692. The molecule has 1 aliphatic rings. The van der Waals surface area contributed by atoms with E-state index in [9.17, 15) is 8.42 Å². The average Bonchev–Trinajstić information content (AvgIpc) is 2.77. The van der Waals surface area contributed by atoms with Gasteiger partial charge in [-0.2, -0.15) is 4.31 Å². The van der Waals surface area contributed by atoms with E-state index in [2.05, 4.69) is 35.1 Å². The van der Waals surface area contributed by atoms with E-state index >= 15 is 0 Å². The van der Waals surface area contributed by atoms with E-state index in [1.807, 2.05) is 0 Å². The zero-order valence-electron chi connectivity index (χ0n) is 12.1. The van der Waals surface area contributed by atoms with Gasteiger partial charge >= 0.3 is 0 Å². The Balaban J connectivity index is 1.98. The molecule has 1 aromatic rings. The number of thiophene rings is 1. The van der Waals surface area contributed by atoms with Crippen molar-refractivity contribution in [2.45, 2.75) is 36.9 Å². The third-order valence-electron chi connectivity index (χ3n) is 3.60.